The number of nitrogens with one attached hydrogen (secondary N) is 3. The molecule has 6 heteroatoms. The molecule has 1 aromatic heterocycles. The van der Waals surface area contributed by atoms with E-state index in [9.17, 15) is 4.79 Å². The minimum absolute atomic E-state index is 0.271. The number of nitrogens with zero attached hydrogens (tertiary/aromatic N) is 1. The number of hydrazine groups is 1. The van der Waals surface area contributed by atoms with Crippen LogP contribution in [0.1, 0.15) is 21.5 Å². The van der Waals surface area contributed by atoms with E-state index in [0.29, 0.717) is 10.7 Å². The second-order valence-corrected chi connectivity index (χ2v) is 6.46. The number of amides is 1. The van der Waals surface area contributed by atoms with Gasteiger partial charge in [0, 0.05) is 18.0 Å². The van der Waals surface area contributed by atoms with E-state index in [2.05, 4.69) is 29.2 Å². The van der Waals surface area contributed by atoms with Crippen molar-refractivity contribution in [2.24, 2.45) is 0 Å². The van der Waals surface area contributed by atoms with Crippen molar-refractivity contribution in [3.8, 4) is 11.3 Å². The number of hydrogen-bond acceptors (Lipinski definition) is 3. The molecule has 0 spiro atoms. The minimum Gasteiger partial charge on any atom is -0.364 e. The number of aromatic nitrogens is 1. The predicted octanol–water partition coefficient (Wildman–Crippen LogP) is 3.26. The monoisotopic (exact) mass is 364 g/mol. The molecule has 0 aliphatic heterocycles. The molecule has 3 N–H and O–H groups in total. The van der Waals surface area contributed by atoms with Crippen LogP contribution in [-0.2, 0) is 0 Å². The lowest BCUT2D eigenvalue weighted by atomic mass is 9.99. The number of fused-ring (bicyclic) bond motifs is 1. The van der Waals surface area contributed by atoms with Crippen LogP contribution in [0, 0.1) is 13.8 Å². The molecule has 0 saturated carbocycles. The third kappa shape index (κ3) is 3.65. The van der Waals surface area contributed by atoms with Crippen LogP contribution >= 0.6 is 12.2 Å². The van der Waals surface area contributed by atoms with E-state index < -0.39 is 0 Å². The van der Waals surface area contributed by atoms with Crippen molar-refractivity contribution in [2.75, 3.05) is 7.05 Å². The Morgan fingerprint density at radius 2 is 1.81 bits per heavy atom. The van der Waals surface area contributed by atoms with Crippen molar-refractivity contribution in [3.63, 3.8) is 0 Å². The summed E-state index contributed by atoms with van der Waals surface area (Å²) < 4.78 is 0. The van der Waals surface area contributed by atoms with E-state index in [4.69, 9.17) is 17.2 Å². The van der Waals surface area contributed by atoms with Crippen LogP contribution in [0.3, 0.4) is 0 Å². The first-order valence-electron chi connectivity index (χ1n) is 8.25. The normalized spacial score (nSPS) is 10.4. The molecule has 0 fully saturated rings. The Labute approximate surface area is 157 Å². The van der Waals surface area contributed by atoms with Crippen LogP contribution in [0.4, 0.5) is 0 Å². The Bertz CT molecular complexity index is 1000. The van der Waals surface area contributed by atoms with Crippen LogP contribution in [-0.4, -0.2) is 23.1 Å². The summed E-state index contributed by atoms with van der Waals surface area (Å²) in [6, 6.07) is 15.6. The van der Waals surface area contributed by atoms with Crippen molar-refractivity contribution in [1.82, 2.24) is 21.2 Å². The number of thiocarbonyl (C=S) groups is 1. The Kier molecular flexibility index (Phi) is 5.14. The van der Waals surface area contributed by atoms with E-state index in [1.807, 2.05) is 49.4 Å². The first-order chi connectivity index (χ1) is 12.5. The standard InChI is InChI=1S/C20H20N4OS/c1-12-8-9-14(13(2)10-12)18-11-16(19(25)23-24-20(26)21-3)15-6-4-5-7-17(15)22-18/h4-11H,1-3H3,(H,23,25)(H2,21,24,26). The fourth-order valence-corrected chi connectivity index (χ4v) is 2.90. The number of hydrogen-bond donors (Lipinski definition) is 3. The second kappa shape index (κ2) is 7.49. The highest BCUT2D eigenvalue weighted by atomic mass is 32.1. The average molecular weight is 364 g/mol. The molecule has 3 aromatic rings. The third-order valence-electron chi connectivity index (χ3n) is 4.14. The number of rotatable bonds is 2. The molecule has 0 radical (unpaired) electrons. The molecule has 0 aliphatic carbocycles. The lowest BCUT2D eigenvalue weighted by Gasteiger charge is -2.13. The molecule has 0 saturated heterocycles. The maximum absolute atomic E-state index is 12.7. The molecular weight excluding hydrogens is 344 g/mol. The number of carbonyl (C=O) groups excluding carboxylic acids is 1. The van der Waals surface area contributed by atoms with Gasteiger partial charge in [0.1, 0.15) is 0 Å². The smallest absolute Gasteiger partial charge is 0.270 e. The highest BCUT2D eigenvalue weighted by Gasteiger charge is 2.15. The van der Waals surface area contributed by atoms with Gasteiger partial charge in [-0.05, 0) is 43.8 Å². The molecule has 2 aromatic carbocycles. The fraction of sp³-hybridized carbons (Fsp3) is 0.150. The third-order valence-corrected chi connectivity index (χ3v) is 4.44. The summed E-state index contributed by atoms with van der Waals surface area (Å²) in [7, 11) is 1.68. The van der Waals surface area contributed by atoms with Gasteiger partial charge in [-0.15, -0.1) is 0 Å². The number of pyridine rings is 1. The molecule has 1 heterocycles. The van der Waals surface area contributed by atoms with Gasteiger partial charge < -0.3 is 5.32 Å². The van der Waals surface area contributed by atoms with Gasteiger partial charge in [0.15, 0.2) is 5.11 Å². The molecule has 0 atom stereocenters. The molecule has 5 nitrogen and oxygen atoms in total. The van der Waals surface area contributed by atoms with Gasteiger partial charge in [-0.25, -0.2) is 4.98 Å². The molecule has 3 rings (SSSR count). The van der Waals surface area contributed by atoms with Gasteiger partial charge in [-0.3, -0.25) is 15.6 Å². The summed E-state index contributed by atoms with van der Waals surface area (Å²) in [5, 5.41) is 3.88. The number of para-hydroxylation sites is 1. The number of aryl methyl sites for hydroxylation is 2. The summed E-state index contributed by atoms with van der Waals surface area (Å²) in [5.41, 5.74) is 10.7. The first-order valence-corrected chi connectivity index (χ1v) is 8.66. The highest BCUT2D eigenvalue weighted by molar-refractivity contribution is 7.80. The maximum atomic E-state index is 12.7. The number of carbonyl (C=O) groups is 1. The lowest BCUT2D eigenvalue weighted by Crippen LogP contribution is -2.45. The largest absolute Gasteiger partial charge is 0.364 e. The van der Waals surface area contributed by atoms with Crippen molar-refractivity contribution >= 4 is 34.1 Å². The van der Waals surface area contributed by atoms with Crippen LogP contribution < -0.4 is 16.2 Å². The van der Waals surface area contributed by atoms with Gasteiger partial charge in [0.2, 0.25) is 0 Å². The second-order valence-electron chi connectivity index (χ2n) is 6.05. The predicted molar refractivity (Wildman–Crippen MR) is 109 cm³/mol. The Morgan fingerprint density at radius 3 is 2.54 bits per heavy atom. The summed E-state index contributed by atoms with van der Waals surface area (Å²) in [5.74, 6) is -0.271. The summed E-state index contributed by atoms with van der Waals surface area (Å²) in [6.07, 6.45) is 0. The van der Waals surface area contributed by atoms with Crippen LogP contribution in [0.15, 0.2) is 48.5 Å². The van der Waals surface area contributed by atoms with Gasteiger partial charge in [-0.1, -0.05) is 42.0 Å². The summed E-state index contributed by atoms with van der Waals surface area (Å²) >= 11 is 5.00. The maximum Gasteiger partial charge on any atom is 0.270 e. The Hall–Kier alpha value is -2.99. The molecule has 132 valence electrons. The van der Waals surface area contributed by atoms with E-state index in [0.717, 1.165) is 27.7 Å². The van der Waals surface area contributed by atoms with Crippen LogP contribution in [0.25, 0.3) is 22.2 Å². The SMILES string of the molecule is CNC(=S)NNC(=O)c1cc(-c2ccc(C)cc2C)nc2ccccc12. The van der Waals surface area contributed by atoms with Gasteiger partial charge in [0.05, 0.1) is 16.8 Å². The molecular formula is C20H20N4OS. The molecule has 26 heavy (non-hydrogen) atoms. The zero-order valence-electron chi connectivity index (χ0n) is 14.9. The minimum atomic E-state index is -0.271. The molecule has 1 amide bonds. The first kappa shape index (κ1) is 17.8. The Morgan fingerprint density at radius 1 is 1.04 bits per heavy atom. The van der Waals surface area contributed by atoms with Gasteiger partial charge in [0.25, 0.3) is 5.91 Å². The number of benzene rings is 2. The van der Waals surface area contributed by atoms with Crippen molar-refractivity contribution in [2.45, 2.75) is 13.8 Å². The van der Waals surface area contributed by atoms with E-state index in [1.54, 1.807) is 7.05 Å². The van der Waals surface area contributed by atoms with Gasteiger partial charge in [-0.2, -0.15) is 0 Å². The van der Waals surface area contributed by atoms with Crippen LogP contribution in [0.5, 0.6) is 0 Å². The molecule has 0 bridgehead atoms. The zero-order valence-corrected chi connectivity index (χ0v) is 15.7. The molecule has 0 unspecified atom stereocenters. The highest BCUT2D eigenvalue weighted by Crippen LogP contribution is 2.27. The topological polar surface area (TPSA) is 66.0 Å². The van der Waals surface area contributed by atoms with Crippen molar-refractivity contribution < 1.29 is 4.79 Å². The van der Waals surface area contributed by atoms with E-state index in [1.165, 1.54) is 5.56 Å². The van der Waals surface area contributed by atoms with Crippen molar-refractivity contribution in [1.29, 1.82) is 0 Å². The van der Waals surface area contributed by atoms with E-state index in [-0.39, 0.29) is 5.91 Å². The average Bonchev–Trinajstić information content (AvgIpc) is 2.64. The lowest BCUT2D eigenvalue weighted by molar-refractivity contribution is 0.0945. The summed E-state index contributed by atoms with van der Waals surface area (Å²) in [4.78, 5) is 17.5. The zero-order chi connectivity index (χ0) is 18.7. The summed E-state index contributed by atoms with van der Waals surface area (Å²) in [6.45, 7) is 4.10. The Balaban J connectivity index is 2.09. The van der Waals surface area contributed by atoms with E-state index >= 15 is 0 Å². The van der Waals surface area contributed by atoms with Crippen molar-refractivity contribution in [3.05, 3.63) is 65.2 Å². The molecule has 0 aliphatic rings. The van der Waals surface area contributed by atoms with Crippen LogP contribution in [0.2, 0.25) is 0 Å². The fourth-order valence-electron chi connectivity index (χ4n) is 2.85. The quantitative estimate of drug-likeness (QED) is 0.481. The van der Waals surface area contributed by atoms with Gasteiger partial charge >= 0.3 is 0 Å².